The Hall–Kier alpha value is -0.414. The number of carboxylic acid groups (broad SMARTS) is 2. The van der Waals surface area contributed by atoms with Crippen LogP contribution in [0.2, 0.25) is 0 Å². The summed E-state index contributed by atoms with van der Waals surface area (Å²) in [6.45, 7) is 0. The van der Waals surface area contributed by atoms with Gasteiger partial charge < -0.3 is 19.7 Å². The molecule has 1 unspecified atom stereocenters. The minimum Gasteiger partial charge on any atom is -0.526 e. The van der Waals surface area contributed by atoms with E-state index in [-0.39, 0.29) is 57.5 Å². The molecule has 1 aliphatic heterocycles. The summed E-state index contributed by atoms with van der Waals surface area (Å²) in [6, 6.07) is 1.04. The Balaban J connectivity index is 0.00000392. The van der Waals surface area contributed by atoms with Crippen LogP contribution < -0.4 is 62.6 Å². The molecule has 1 fully saturated rings. The molecule has 3 N–H and O–H groups in total. The van der Waals surface area contributed by atoms with Crippen molar-refractivity contribution in [2.45, 2.75) is 24.9 Å². The zero-order chi connectivity index (χ0) is 20.3. The van der Waals surface area contributed by atoms with Gasteiger partial charge >= 0.3 is 76.2 Å². The number of nitrogens with zero attached hydrogens (tertiary/aromatic N) is 1. The number of hydrogen-bond donors (Lipinski definition) is 4. The van der Waals surface area contributed by atoms with E-state index in [0.29, 0.717) is 0 Å². The molecule has 28 heavy (non-hydrogen) atoms. The molecule has 0 bridgehead atoms. The van der Waals surface area contributed by atoms with Gasteiger partial charge in [-0.25, -0.2) is 4.79 Å². The van der Waals surface area contributed by atoms with Crippen molar-refractivity contribution in [1.29, 1.82) is 0 Å². The maximum absolute atomic E-state index is 12.0. The molecule has 0 spiro atoms. The minimum atomic E-state index is -2.50. The fraction of sp³-hybridized carbons (Fsp3) is 0.462. The molecule has 0 amide bonds. The van der Waals surface area contributed by atoms with E-state index in [9.17, 15) is 23.7 Å². The molecule has 1 aromatic heterocycles. The average molecular weight is 461 g/mol. The van der Waals surface area contributed by atoms with Crippen molar-refractivity contribution in [3.05, 3.63) is 39.2 Å². The third-order valence-corrected chi connectivity index (χ3v) is 4.46. The smallest absolute Gasteiger partial charge is 0.526 e. The van der Waals surface area contributed by atoms with Gasteiger partial charge in [-0.05, 0) is 4.57 Å². The Morgan fingerprint density at radius 3 is 2.50 bits per heavy atom. The first-order chi connectivity index (χ1) is 12.6. The summed E-state index contributed by atoms with van der Waals surface area (Å²) >= 11 is 3.63. The number of thiol groups is 1. The third-order valence-electron chi connectivity index (χ3n) is 3.77. The van der Waals surface area contributed by atoms with Crippen LogP contribution in [0.15, 0.2) is 21.9 Å². The number of aliphatic carboxylic acids is 2. The Morgan fingerprint density at radius 2 is 2.04 bits per heavy atom. The van der Waals surface area contributed by atoms with Crippen molar-refractivity contribution >= 4 is 31.4 Å². The summed E-state index contributed by atoms with van der Waals surface area (Å²) in [4.78, 5) is 47.6. The van der Waals surface area contributed by atoms with Crippen molar-refractivity contribution in [3.63, 3.8) is 0 Å². The standard InChI is InChI=1S/C13H15N2O10PS.K/c1-23-9-8(25-26(22)27)6(4-5(11(17)18)12(19)20)24-10(9)15-3-2-7(16)14-13(15)21;/h2-3,5,8-10H,4H2,1H3,(H,17,18)(H,19,20)(H,22,27)(H,14,16,21);/q;+1/t8-,9-,10-;/m1./s1. The van der Waals surface area contributed by atoms with Crippen molar-refractivity contribution in [2.24, 2.45) is 5.92 Å². The van der Waals surface area contributed by atoms with Crippen LogP contribution in [-0.2, 0) is 28.2 Å². The zero-order valence-corrected chi connectivity index (χ0v) is 19.6. The van der Waals surface area contributed by atoms with Gasteiger partial charge in [0.2, 0.25) is 0 Å². The maximum atomic E-state index is 12.0. The number of carboxylic acids is 2. The van der Waals surface area contributed by atoms with Gasteiger partial charge in [-0.15, -0.1) is 6.42 Å². The Labute approximate surface area is 206 Å². The first-order valence-corrected chi connectivity index (χ1v) is 9.64. The van der Waals surface area contributed by atoms with Gasteiger partial charge in [0.15, 0.2) is 0 Å². The van der Waals surface area contributed by atoms with E-state index in [2.05, 4.69) is 12.2 Å². The largest absolute Gasteiger partial charge is 1.00 e. The predicted octanol–water partition coefficient (Wildman–Crippen LogP) is -3.24. The zero-order valence-electron chi connectivity index (χ0n) is 14.7. The molecule has 4 atom stereocenters. The van der Waals surface area contributed by atoms with Gasteiger partial charge in [0.1, 0.15) is 30.5 Å². The van der Waals surface area contributed by atoms with Crippen LogP contribution in [0.1, 0.15) is 12.6 Å². The van der Waals surface area contributed by atoms with Gasteiger partial charge in [-0.2, -0.15) is 10.6 Å². The van der Waals surface area contributed by atoms with Crippen LogP contribution in [-0.4, -0.2) is 51.0 Å². The van der Waals surface area contributed by atoms with Gasteiger partial charge in [0.25, 0.3) is 5.56 Å². The Bertz CT molecular complexity index is 846. The number of hydrogen-bond acceptors (Lipinski definition) is 8. The number of carbonyl (C=O) groups is 2. The SMILES string of the molecule is CO[C@@H]1[C@H](O[P+](=O)S)[C-](CC(C(=O)O)C(=O)O)O[C@H]1n1ccc(=O)[nH]c1=O.[K+]. The average Bonchev–Trinajstić information content (AvgIpc) is 2.88. The minimum absolute atomic E-state index is 0. The Morgan fingerprint density at radius 1 is 1.43 bits per heavy atom. The van der Waals surface area contributed by atoms with Crippen molar-refractivity contribution in [2.75, 3.05) is 7.11 Å². The second-order valence-corrected chi connectivity index (χ2v) is 7.06. The second kappa shape index (κ2) is 11.1. The number of methoxy groups -OCH3 is 1. The van der Waals surface area contributed by atoms with Crippen LogP contribution >= 0.6 is 19.5 Å². The van der Waals surface area contributed by atoms with E-state index in [1.165, 1.54) is 7.11 Å². The third kappa shape index (κ3) is 6.04. The van der Waals surface area contributed by atoms with Crippen LogP contribution in [0.5, 0.6) is 0 Å². The van der Waals surface area contributed by atoms with E-state index in [4.69, 9.17) is 24.2 Å². The van der Waals surface area contributed by atoms with E-state index < -0.39 is 61.2 Å². The molecular weight excluding hydrogens is 446 g/mol. The van der Waals surface area contributed by atoms with Crippen LogP contribution in [0.4, 0.5) is 0 Å². The summed E-state index contributed by atoms with van der Waals surface area (Å²) in [7, 11) is -1.27. The summed E-state index contributed by atoms with van der Waals surface area (Å²) in [5.41, 5.74) is -1.51. The molecule has 12 nitrogen and oxygen atoms in total. The predicted molar refractivity (Wildman–Crippen MR) is 90.3 cm³/mol. The van der Waals surface area contributed by atoms with E-state index in [0.717, 1.165) is 16.8 Å². The first-order valence-electron chi connectivity index (χ1n) is 7.30. The maximum Gasteiger partial charge on any atom is 1.00 e. The molecule has 2 rings (SSSR count). The van der Waals surface area contributed by atoms with Gasteiger partial charge in [0.05, 0.1) is 0 Å². The summed E-state index contributed by atoms with van der Waals surface area (Å²) in [6.07, 6.45) is -3.30. The quantitative estimate of drug-likeness (QED) is 0.101. The van der Waals surface area contributed by atoms with Crippen LogP contribution in [0.25, 0.3) is 0 Å². The monoisotopic (exact) mass is 461 g/mol. The number of nitrogens with one attached hydrogen (secondary N) is 1. The molecule has 15 heteroatoms. The molecule has 0 aromatic carbocycles. The van der Waals surface area contributed by atoms with Crippen LogP contribution in [0.3, 0.4) is 0 Å². The van der Waals surface area contributed by atoms with Gasteiger partial charge in [0, 0.05) is 25.5 Å². The van der Waals surface area contributed by atoms with Crippen molar-refractivity contribution < 1.29 is 89.7 Å². The van der Waals surface area contributed by atoms with E-state index in [1.54, 1.807) is 0 Å². The summed E-state index contributed by atoms with van der Waals surface area (Å²) < 4.78 is 28.3. The first kappa shape index (κ1) is 25.6. The molecular formula is C13H15KN2O10PS+. The number of aromatic amines is 1. The number of ether oxygens (including phenoxy) is 2. The fourth-order valence-corrected chi connectivity index (χ4v) is 3.30. The number of H-pyrrole nitrogens is 1. The molecule has 1 aliphatic rings. The topological polar surface area (TPSA) is 174 Å². The number of aromatic nitrogens is 2. The van der Waals surface area contributed by atoms with E-state index >= 15 is 0 Å². The molecule has 0 saturated carbocycles. The summed E-state index contributed by atoms with van der Waals surface area (Å²) in [5, 5.41) is 18.1. The second-order valence-electron chi connectivity index (χ2n) is 5.39. The van der Waals surface area contributed by atoms with Gasteiger partial charge in [-0.1, -0.05) is 0 Å². The molecule has 2 heterocycles. The fourth-order valence-electron chi connectivity index (χ4n) is 2.57. The van der Waals surface area contributed by atoms with E-state index in [1.807, 2.05) is 4.98 Å². The molecule has 148 valence electrons. The summed E-state index contributed by atoms with van der Waals surface area (Å²) in [5.74, 6) is -5.11. The van der Waals surface area contributed by atoms with Crippen LogP contribution in [0, 0.1) is 12.0 Å². The Kier molecular flexibility index (Phi) is 10.2. The molecule has 0 aliphatic carbocycles. The molecule has 1 saturated heterocycles. The molecule has 0 radical (unpaired) electrons. The normalized spacial score (nSPS) is 22.7. The van der Waals surface area contributed by atoms with Gasteiger partial charge in [-0.3, -0.25) is 23.9 Å². The molecule has 1 aromatic rings. The number of rotatable bonds is 8. The van der Waals surface area contributed by atoms with Crippen molar-refractivity contribution in [3.8, 4) is 0 Å². The van der Waals surface area contributed by atoms with Crippen molar-refractivity contribution in [1.82, 2.24) is 9.55 Å².